The Hall–Kier alpha value is -3.54. The molecule has 1 amide bonds. The van der Waals surface area contributed by atoms with Gasteiger partial charge in [0.05, 0.1) is 23.1 Å². The minimum Gasteiger partial charge on any atom is -0.327 e. The normalized spacial score (nSPS) is 13.4. The third kappa shape index (κ3) is 4.26. The van der Waals surface area contributed by atoms with E-state index >= 15 is 0 Å². The monoisotopic (exact) mass is 431 g/mol. The van der Waals surface area contributed by atoms with Gasteiger partial charge in [0.25, 0.3) is 5.91 Å². The average Bonchev–Trinajstić information content (AvgIpc) is 3.55. The molecule has 1 fully saturated rings. The summed E-state index contributed by atoms with van der Waals surface area (Å²) in [5.74, 6) is -0.667. The molecule has 1 aliphatic carbocycles. The Kier molecular flexibility index (Phi) is 5.43. The van der Waals surface area contributed by atoms with Gasteiger partial charge < -0.3 is 9.47 Å². The molecule has 3 aromatic carbocycles. The standard InChI is InChI=1S/C26H23F2N3O/c27-20-12-13-21(22(28)14-20)26(32)30(15-18-6-2-1-3-7-18)17-25-29-23-8-4-5-9-24(23)31(25)16-19-10-11-19/h1-9,12-14,19H,10-11,15-17H2. The largest absolute Gasteiger partial charge is 0.327 e. The van der Waals surface area contributed by atoms with Crippen molar-refractivity contribution >= 4 is 16.9 Å². The Morgan fingerprint density at radius 1 is 0.969 bits per heavy atom. The van der Waals surface area contributed by atoms with E-state index in [0.717, 1.165) is 41.1 Å². The highest BCUT2D eigenvalue weighted by atomic mass is 19.1. The number of hydrogen-bond donors (Lipinski definition) is 0. The lowest BCUT2D eigenvalue weighted by atomic mass is 10.1. The fourth-order valence-electron chi connectivity index (χ4n) is 4.02. The SMILES string of the molecule is O=C(c1ccc(F)cc1F)N(Cc1ccccc1)Cc1nc2ccccc2n1CC1CC1. The minimum absolute atomic E-state index is 0.146. The van der Waals surface area contributed by atoms with E-state index in [4.69, 9.17) is 4.98 Å². The summed E-state index contributed by atoms with van der Waals surface area (Å²) >= 11 is 0. The van der Waals surface area contributed by atoms with E-state index in [1.165, 1.54) is 18.9 Å². The zero-order valence-corrected chi connectivity index (χ0v) is 17.5. The number of benzene rings is 3. The number of halogens is 2. The number of amides is 1. The maximum atomic E-state index is 14.5. The van der Waals surface area contributed by atoms with E-state index in [-0.39, 0.29) is 12.1 Å². The quantitative estimate of drug-likeness (QED) is 0.384. The minimum atomic E-state index is -0.862. The molecule has 1 heterocycles. The molecular weight excluding hydrogens is 408 g/mol. The van der Waals surface area contributed by atoms with Crippen molar-refractivity contribution < 1.29 is 13.6 Å². The van der Waals surface area contributed by atoms with Gasteiger partial charge in [0.15, 0.2) is 0 Å². The number of fused-ring (bicyclic) bond motifs is 1. The van der Waals surface area contributed by atoms with Crippen LogP contribution in [0.1, 0.15) is 34.6 Å². The Labute approximate surface area is 185 Å². The molecule has 0 N–H and O–H groups in total. The van der Waals surface area contributed by atoms with Crippen LogP contribution in [0.4, 0.5) is 8.78 Å². The average molecular weight is 431 g/mol. The first-order valence-corrected chi connectivity index (χ1v) is 10.8. The van der Waals surface area contributed by atoms with Crippen molar-refractivity contribution in [2.75, 3.05) is 0 Å². The van der Waals surface area contributed by atoms with Crippen LogP contribution in [0.25, 0.3) is 11.0 Å². The lowest BCUT2D eigenvalue weighted by Gasteiger charge is -2.23. The predicted molar refractivity (Wildman–Crippen MR) is 119 cm³/mol. The van der Waals surface area contributed by atoms with Crippen LogP contribution in [0.15, 0.2) is 72.8 Å². The van der Waals surface area contributed by atoms with E-state index in [1.54, 1.807) is 4.90 Å². The summed E-state index contributed by atoms with van der Waals surface area (Å²) in [6, 6.07) is 20.6. The third-order valence-electron chi connectivity index (χ3n) is 5.87. The topological polar surface area (TPSA) is 38.1 Å². The summed E-state index contributed by atoms with van der Waals surface area (Å²) in [6.45, 7) is 1.38. The van der Waals surface area contributed by atoms with Crippen molar-refractivity contribution in [2.45, 2.75) is 32.5 Å². The molecule has 5 rings (SSSR count). The van der Waals surface area contributed by atoms with Gasteiger partial charge in [0.2, 0.25) is 0 Å². The predicted octanol–water partition coefficient (Wildman–Crippen LogP) is 5.57. The van der Waals surface area contributed by atoms with Gasteiger partial charge in [-0.3, -0.25) is 4.79 Å². The van der Waals surface area contributed by atoms with Crippen LogP contribution in [-0.4, -0.2) is 20.4 Å². The summed E-state index contributed by atoms with van der Waals surface area (Å²) in [5, 5.41) is 0. The number of rotatable bonds is 7. The highest BCUT2D eigenvalue weighted by molar-refractivity contribution is 5.94. The highest BCUT2D eigenvalue weighted by Crippen LogP contribution is 2.33. The van der Waals surface area contributed by atoms with Crippen LogP contribution < -0.4 is 0 Å². The number of hydrogen-bond acceptors (Lipinski definition) is 2. The fourth-order valence-corrected chi connectivity index (χ4v) is 4.02. The van der Waals surface area contributed by atoms with E-state index in [0.29, 0.717) is 12.5 Å². The lowest BCUT2D eigenvalue weighted by Crippen LogP contribution is -2.32. The van der Waals surface area contributed by atoms with E-state index in [2.05, 4.69) is 4.57 Å². The molecule has 0 radical (unpaired) electrons. The van der Waals surface area contributed by atoms with Gasteiger partial charge >= 0.3 is 0 Å². The number of nitrogens with zero attached hydrogens (tertiary/aromatic N) is 3. The van der Waals surface area contributed by atoms with Gasteiger partial charge in [-0.1, -0.05) is 42.5 Å². The second kappa shape index (κ2) is 8.54. The first kappa shape index (κ1) is 20.4. The molecule has 1 aliphatic rings. The molecule has 6 heteroatoms. The molecule has 0 spiro atoms. The molecular formula is C26H23F2N3O. The molecule has 0 saturated heterocycles. The molecule has 32 heavy (non-hydrogen) atoms. The van der Waals surface area contributed by atoms with Crippen LogP contribution in [0, 0.1) is 17.6 Å². The smallest absolute Gasteiger partial charge is 0.257 e. The second-order valence-corrected chi connectivity index (χ2v) is 8.34. The third-order valence-corrected chi connectivity index (χ3v) is 5.87. The zero-order valence-electron chi connectivity index (χ0n) is 17.5. The van der Waals surface area contributed by atoms with Crippen LogP contribution in [-0.2, 0) is 19.6 Å². The van der Waals surface area contributed by atoms with Gasteiger partial charge in [0, 0.05) is 19.2 Å². The van der Waals surface area contributed by atoms with Crippen LogP contribution in [0.2, 0.25) is 0 Å². The van der Waals surface area contributed by atoms with Crippen LogP contribution in [0.3, 0.4) is 0 Å². The Morgan fingerprint density at radius 3 is 2.47 bits per heavy atom. The van der Waals surface area contributed by atoms with Crippen LogP contribution >= 0.6 is 0 Å². The molecule has 1 saturated carbocycles. The van der Waals surface area contributed by atoms with E-state index in [9.17, 15) is 13.6 Å². The van der Waals surface area contributed by atoms with Crippen molar-refractivity contribution in [1.29, 1.82) is 0 Å². The number of aromatic nitrogens is 2. The maximum absolute atomic E-state index is 14.5. The number of imidazole rings is 1. The number of para-hydroxylation sites is 2. The summed E-state index contributed by atoms with van der Waals surface area (Å²) in [7, 11) is 0. The van der Waals surface area contributed by atoms with Gasteiger partial charge in [0.1, 0.15) is 17.5 Å². The summed E-state index contributed by atoms with van der Waals surface area (Å²) in [4.78, 5) is 19.8. The molecule has 1 aromatic heterocycles. The van der Waals surface area contributed by atoms with Crippen molar-refractivity contribution in [3.05, 3.63) is 101 Å². The number of carbonyl (C=O) groups is 1. The first-order valence-electron chi connectivity index (χ1n) is 10.8. The molecule has 162 valence electrons. The van der Waals surface area contributed by atoms with Crippen molar-refractivity contribution in [2.24, 2.45) is 5.92 Å². The van der Waals surface area contributed by atoms with Crippen molar-refractivity contribution in [3.63, 3.8) is 0 Å². The molecule has 4 aromatic rings. The Bertz CT molecular complexity index is 1260. The van der Waals surface area contributed by atoms with Gasteiger partial charge in [-0.25, -0.2) is 13.8 Å². The van der Waals surface area contributed by atoms with E-state index < -0.39 is 17.5 Å². The molecule has 0 atom stereocenters. The van der Waals surface area contributed by atoms with Crippen molar-refractivity contribution in [3.8, 4) is 0 Å². The van der Waals surface area contributed by atoms with E-state index in [1.807, 2.05) is 54.6 Å². The summed E-state index contributed by atoms with van der Waals surface area (Å²) in [6.07, 6.45) is 2.39. The fraction of sp³-hybridized carbons (Fsp3) is 0.231. The molecule has 0 unspecified atom stereocenters. The highest BCUT2D eigenvalue weighted by Gasteiger charge is 2.27. The summed E-state index contributed by atoms with van der Waals surface area (Å²) in [5.41, 5.74) is 2.69. The first-order chi connectivity index (χ1) is 15.6. The zero-order chi connectivity index (χ0) is 22.1. The van der Waals surface area contributed by atoms with Gasteiger partial charge in [-0.2, -0.15) is 0 Å². The van der Waals surface area contributed by atoms with Gasteiger partial charge in [-0.15, -0.1) is 0 Å². The lowest BCUT2D eigenvalue weighted by molar-refractivity contribution is 0.0718. The van der Waals surface area contributed by atoms with Crippen LogP contribution in [0.5, 0.6) is 0 Å². The maximum Gasteiger partial charge on any atom is 0.257 e. The second-order valence-electron chi connectivity index (χ2n) is 8.34. The molecule has 0 aliphatic heterocycles. The van der Waals surface area contributed by atoms with Gasteiger partial charge in [-0.05, 0) is 48.6 Å². The molecule has 4 nitrogen and oxygen atoms in total. The Balaban J connectivity index is 1.53. The summed E-state index contributed by atoms with van der Waals surface area (Å²) < 4.78 is 30.1. The number of carbonyl (C=O) groups excluding carboxylic acids is 1. The van der Waals surface area contributed by atoms with Crippen molar-refractivity contribution in [1.82, 2.24) is 14.5 Å². The molecule has 0 bridgehead atoms. The Morgan fingerprint density at radius 2 is 1.72 bits per heavy atom.